The molecule has 0 aliphatic rings. The lowest BCUT2D eigenvalue weighted by atomic mass is 10.3. The summed E-state index contributed by atoms with van der Waals surface area (Å²) in [5.41, 5.74) is 2.86. The Morgan fingerprint density at radius 3 is 2.58 bits per heavy atom. The van der Waals surface area contributed by atoms with Crippen molar-refractivity contribution in [2.45, 2.75) is 6.92 Å². The van der Waals surface area contributed by atoms with Crippen LogP contribution in [0.4, 0.5) is 5.69 Å². The molecular formula is C6H16N2Si4. The summed E-state index contributed by atoms with van der Waals surface area (Å²) in [6, 6.07) is 2.12. The molecule has 6 heteroatoms. The van der Waals surface area contributed by atoms with Crippen LogP contribution in [0, 0.1) is 6.92 Å². The van der Waals surface area contributed by atoms with Crippen molar-refractivity contribution in [2.24, 2.45) is 0 Å². The fraction of sp³-hybridized carbons (Fsp3) is 0.167. The average Bonchev–Trinajstić information content (AvgIpc) is 2.10. The summed E-state index contributed by atoms with van der Waals surface area (Å²) >= 11 is 0. The first-order valence-corrected chi connectivity index (χ1v) is 17.0. The first kappa shape index (κ1) is 9.90. The lowest BCUT2D eigenvalue weighted by Gasteiger charge is -2.22. The Labute approximate surface area is 84.0 Å². The van der Waals surface area contributed by atoms with Gasteiger partial charge in [0.2, 0.25) is 0 Å². The molecule has 0 fully saturated rings. The van der Waals surface area contributed by atoms with Gasteiger partial charge in [-0.25, -0.2) is 0 Å². The Morgan fingerprint density at radius 2 is 2.08 bits per heavy atom. The van der Waals surface area contributed by atoms with Crippen LogP contribution in [0.2, 0.25) is 0 Å². The second kappa shape index (κ2) is 4.75. The molecule has 0 N–H and O–H groups in total. The van der Waals surface area contributed by atoms with E-state index in [1.165, 1.54) is 30.8 Å². The number of hydrogen-bond donors (Lipinski definition) is 0. The molecule has 0 spiro atoms. The van der Waals surface area contributed by atoms with Crippen molar-refractivity contribution in [3.05, 3.63) is 24.0 Å². The van der Waals surface area contributed by atoms with Crippen LogP contribution < -0.4 is 4.23 Å². The van der Waals surface area contributed by atoms with Crippen molar-refractivity contribution in [2.75, 3.05) is 4.23 Å². The third-order valence-electron chi connectivity index (χ3n) is 2.12. The van der Waals surface area contributed by atoms with Gasteiger partial charge >= 0.3 is 0 Å². The minimum Gasteiger partial charge on any atom is -0.438 e. The molecule has 0 unspecified atom stereocenters. The van der Waals surface area contributed by atoms with Gasteiger partial charge in [0.25, 0.3) is 0 Å². The Balaban J connectivity index is 2.92. The highest BCUT2D eigenvalue weighted by atomic mass is 29.2. The minimum absolute atomic E-state index is 0.137. The molecule has 1 aromatic rings. The monoisotopic (exact) mass is 228 g/mol. The van der Waals surface area contributed by atoms with Crippen molar-refractivity contribution in [3.63, 3.8) is 0 Å². The van der Waals surface area contributed by atoms with Gasteiger partial charge in [0, 0.05) is 37.6 Å². The van der Waals surface area contributed by atoms with Gasteiger partial charge < -0.3 is 4.23 Å². The highest BCUT2D eigenvalue weighted by Crippen LogP contribution is 2.14. The number of aryl methyl sites for hydroxylation is 1. The summed E-state index contributed by atoms with van der Waals surface area (Å²) in [7, 11) is 3.09. The van der Waals surface area contributed by atoms with Gasteiger partial charge in [0.15, 0.2) is 0 Å². The number of hydrogen-bond acceptors (Lipinski definition) is 2. The fourth-order valence-corrected chi connectivity index (χ4v) is 22.6. The van der Waals surface area contributed by atoms with Crippen molar-refractivity contribution < 1.29 is 0 Å². The molecule has 0 aromatic carbocycles. The smallest absolute Gasteiger partial charge is 0.0923 e. The van der Waals surface area contributed by atoms with E-state index in [1.54, 1.807) is 0 Å². The largest absolute Gasteiger partial charge is 0.438 e. The summed E-state index contributed by atoms with van der Waals surface area (Å²) < 4.78 is 2.71. The van der Waals surface area contributed by atoms with Crippen LogP contribution in [-0.4, -0.2) is 42.9 Å². The van der Waals surface area contributed by atoms with Crippen LogP contribution in [0.1, 0.15) is 5.56 Å². The quantitative estimate of drug-likeness (QED) is 0.511. The third kappa shape index (κ3) is 2.16. The molecule has 0 saturated carbocycles. The van der Waals surface area contributed by atoms with Crippen LogP contribution in [0.3, 0.4) is 0 Å². The Bertz CT molecular complexity index is 251. The molecule has 0 aliphatic heterocycles. The lowest BCUT2D eigenvalue weighted by molar-refractivity contribution is 1.27. The highest BCUT2D eigenvalue weighted by Gasteiger charge is 2.03. The van der Waals surface area contributed by atoms with Crippen molar-refractivity contribution >= 4 is 43.6 Å². The molecule has 0 bridgehead atoms. The first-order chi connectivity index (χ1) is 5.79. The normalized spacial score (nSPS) is 12.4. The van der Waals surface area contributed by atoms with Gasteiger partial charge in [0.05, 0.1) is 18.4 Å². The van der Waals surface area contributed by atoms with E-state index in [-0.39, 0.29) is 18.4 Å². The molecule has 66 valence electrons. The molecule has 0 aliphatic carbocycles. The number of pyridine rings is 1. The molecule has 0 atom stereocenters. The van der Waals surface area contributed by atoms with E-state index in [0.717, 1.165) is 0 Å². The topological polar surface area (TPSA) is 16.1 Å². The van der Waals surface area contributed by atoms with Crippen LogP contribution >= 0.6 is 0 Å². The zero-order valence-corrected chi connectivity index (χ0v) is 14.9. The maximum atomic E-state index is 4.20. The van der Waals surface area contributed by atoms with Gasteiger partial charge in [-0.1, -0.05) is 0 Å². The van der Waals surface area contributed by atoms with E-state index < -0.39 is 0 Å². The maximum absolute atomic E-state index is 4.20. The second-order valence-electron chi connectivity index (χ2n) is 2.83. The number of aromatic nitrogens is 1. The third-order valence-corrected chi connectivity index (χ3v) is 17.0. The van der Waals surface area contributed by atoms with E-state index in [1.807, 2.05) is 12.4 Å². The van der Waals surface area contributed by atoms with Crippen molar-refractivity contribution in [1.29, 1.82) is 0 Å². The molecule has 12 heavy (non-hydrogen) atoms. The summed E-state index contributed by atoms with van der Waals surface area (Å²) in [6.07, 6.45) is 3.94. The number of rotatable bonds is 3. The van der Waals surface area contributed by atoms with Crippen molar-refractivity contribution in [3.8, 4) is 0 Å². The standard InChI is InChI=1S/C6H16N2Si4/c1-5-2-3-7-4-6(5)8(11-9)12-10/h2-4H,11-12H2,1,9-10H3. The summed E-state index contributed by atoms with van der Waals surface area (Å²) in [6.45, 7) is 2.20. The number of nitrogens with zero attached hydrogens (tertiary/aromatic N) is 2. The Kier molecular flexibility index (Phi) is 3.92. The molecule has 1 heterocycles. The van der Waals surface area contributed by atoms with Crippen LogP contribution in [-0.2, 0) is 0 Å². The molecule has 0 radical (unpaired) electrons. The van der Waals surface area contributed by atoms with Gasteiger partial charge in [-0.3, -0.25) is 4.98 Å². The second-order valence-corrected chi connectivity index (χ2v) is 10.3. The molecule has 2 nitrogen and oxygen atoms in total. The maximum Gasteiger partial charge on any atom is 0.0923 e. The molecular weight excluding hydrogens is 212 g/mol. The Hall–Kier alpha value is -0.182. The average molecular weight is 229 g/mol. The van der Waals surface area contributed by atoms with Gasteiger partial charge in [-0.2, -0.15) is 0 Å². The van der Waals surface area contributed by atoms with E-state index >= 15 is 0 Å². The van der Waals surface area contributed by atoms with Crippen LogP contribution in [0.25, 0.3) is 0 Å². The highest BCUT2D eigenvalue weighted by molar-refractivity contribution is 7.05. The zero-order chi connectivity index (χ0) is 8.97. The predicted octanol–water partition coefficient (Wildman–Crippen LogP) is -3.08. The lowest BCUT2D eigenvalue weighted by Crippen LogP contribution is -2.33. The summed E-state index contributed by atoms with van der Waals surface area (Å²) in [4.78, 5) is 4.20. The first-order valence-electron chi connectivity index (χ1n) is 4.45. The number of anilines is 1. The molecule has 1 rings (SSSR count). The molecule has 0 saturated heterocycles. The fourth-order valence-electron chi connectivity index (χ4n) is 1.35. The zero-order valence-electron chi connectivity index (χ0n) is 8.04. The summed E-state index contributed by atoms with van der Waals surface area (Å²) in [5, 5.41) is 0. The predicted molar refractivity (Wildman–Crippen MR) is 68.4 cm³/mol. The molecule has 0 amide bonds. The van der Waals surface area contributed by atoms with E-state index in [4.69, 9.17) is 0 Å². The van der Waals surface area contributed by atoms with Crippen molar-refractivity contribution in [1.82, 2.24) is 4.98 Å². The summed E-state index contributed by atoms with van der Waals surface area (Å²) in [5.74, 6) is 0. The van der Waals surface area contributed by atoms with Crippen LogP contribution in [0.5, 0.6) is 0 Å². The van der Waals surface area contributed by atoms with Gasteiger partial charge in [-0.05, 0) is 18.6 Å². The van der Waals surface area contributed by atoms with E-state index in [2.05, 4.69) is 22.2 Å². The van der Waals surface area contributed by atoms with Gasteiger partial charge in [0.1, 0.15) is 0 Å². The van der Waals surface area contributed by atoms with Gasteiger partial charge in [-0.15, -0.1) is 0 Å². The minimum atomic E-state index is 0.137. The molecule has 1 aromatic heterocycles. The SMILES string of the molecule is Cc1ccncc1N([SiH2][SiH3])[SiH2][SiH3]. The Morgan fingerprint density at radius 1 is 1.42 bits per heavy atom. The van der Waals surface area contributed by atoms with E-state index in [9.17, 15) is 0 Å². The van der Waals surface area contributed by atoms with E-state index in [0.29, 0.717) is 0 Å². The van der Waals surface area contributed by atoms with Crippen LogP contribution in [0.15, 0.2) is 18.5 Å².